The molecule has 0 heterocycles. The topological polar surface area (TPSA) is 72.7 Å². The molecule has 13 heavy (non-hydrogen) atoms. The second kappa shape index (κ2) is 4.91. The van der Waals surface area contributed by atoms with Crippen molar-refractivity contribution in [3.63, 3.8) is 0 Å². The lowest BCUT2D eigenvalue weighted by Gasteiger charge is -2.37. The molecule has 0 aliphatic rings. The Kier molecular flexibility index (Phi) is 4.85. The van der Waals surface area contributed by atoms with Crippen LogP contribution in [0.25, 0.3) is 0 Å². The molecule has 0 bridgehead atoms. The van der Waals surface area contributed by atoms with Crippen molar-refractivity contribution >= 4 is 0 Å². The fourth-order valence-electron chi connectivity index (χ4n) is 1.36. The van der Waals surface area contributed by atoms with Crippen LogP contribution < -0.4 is 5.32 Å². The lowest BCUT2D eigenvalue weighted by Crippen LogP contribution is -2.59. The van der Waals surface area contributed by atoms with E-state index in [9.17, 15) is 0 Å². The highest BCUT2D eigenvalue weighted by atomic mass is 16.3. The van der Waals surface area contributed by atoms with Crippen molar-refractivity contribution in [3.05, 3.63) is 0 Å². The second-order valence-electron chi connectivity index (χ2n) is 4.45. The third-order valence-corrected chi connectivity index (χ3v) is 1.84. The van der Waals surface area contributed by atoms with E-state index in [1.807, 2.05) is 20.8 Å². The highest BCUT2D eigenvalue weighted by Gasteiger charge is 2.31. The maximum absolute atomic E-state index is 9.14. The summed E-state index contributed by atoms with van der Waals surface area (Å²) in [4.78, 5) is 0. The van der Waals surface area contributed by atoms with E-state index in [2.05, 4.69) is 5.32 Å². The molecule has 4 N–H and O–H groups in total. The van der Waals surface area contributed by atoms with E-state index in [-0.39, 0.29) is 25.4 Å². The molecule has 0 unspecified atom stereocenters. The van der Waals surface area contributed by atoms with E-state index in [1.54, 1.807) is 0 Å². The van der Waals surface area contributed by atoms with Crippen molar-refractivity contribution in [1.82, 2.24) is 5.32 Å². The first-order valence-corrected chi connectivity index (χ1v) is 4.51. The molecule has 0 aliphatic heterocycles. The lowest BCUT2D eigenvalue weighted by molar-refractivity contribution is 0.0498. The van der Waals surface area contributed by atoms with Gasteiger partial charge in [-0.05, 0) is 27.2 Å². The SMILES string of the molecule is CC(C)(C)NC(CO)(CO)CCO. The number of hydrogen-bond donors (Lipinski definition) is 4. The Bertz CT molecular complexity index is 138. The monoisotopic (exact) mass is 191 g/mol. The van der Waals surface area contributed by atoms with Gasteiger partial charge >= 0.3 is 0 Å². The highest BCUT2D eigenvalue weighted by Crippen LogP contribution is 2.14. The molecular weight excluding hydrogens is 170 g/mol. The van der Waals surface area contributed by atoms with Crippen molar-refractivity contribution in [2.75, 3.05) is 19.8 Å². The molecule has 4 nitrogen and oxygen atoms in total. The fourth-order valence-corrected chi connectivity index (χ4v) is 1.36. The third kappa shape index (κ3) is 4.57. The quantitative estimate of drug-likeness (QED) is 0.472. The summed E-state index contributed by atoms with van der Waals surface area (Å²) in [7, 11) is 0. The molecule has 0 aromatic rings. The summed E-state index contributed by atoms with van der Waals surface area (Å²) in [6, 6.07) is 0. The first kappa shape index (κ1) is 12.8. The Morgan fingerprint density at radius 3 is 1.69 bits per heavy atom. The molecule has 4 heteroatoms. The zero-order chi connectivity index (χ0) is 10.5. The van der Waals surface area contributed by atoms with Gasteiger partial charge in [-0.25, -0.2) is 0 Å². The van der Waals surface area contributed by atoms with Gasteiger partial charge in [0, 0.05) is 12.1 Å². The number of aliphatic hydroxyl groups excluding tert-OH is 3. The van der Waals surface area contributed by atoms with Crippen molar-refractivity contribution in [1.29, 1.82) is 0 Å². The number of rotatable bonds is 5. The minimum atomic E-state index is -0.771. The van der Waals surface area contributed by atoms with Crippen LogP contribution in [0.1, 0.15) is 27.2 Å². The van der Waals surface area contributed by atoms with Crippen LogP contribution in [0, 0.1) is 0 Å². The first-order valence-electron chi connectivity index (χ1n) is 4.51. The molecule has 0 radical (unpaired) electrons. The zero-order valence-corrected chi connectivity index (χ0v) is 8.67. The van der Waals surface area contributed by atoms with Crippen LogP contribution in [-0.2, 0) is 0 Å². The Morgan fingerprint density at radius 1 is 1.00 bits per heavy atom. The Labute approximate surface area is 79.6 Å². The van der Waals surface area contributed by atoms with E-state index in [0.29, 0.717) is 6.42 Å². The van der Waals surface area contributed by atoms with Gasteiger partial charge in [-0.1, -0.05) is 0 Å². The van der Waals surface area contributed by atoms with Gasteiger partial charge in [-0.15, -0.1) is 0 Å². The molecule has 0 saturated carbocycles. The van der Waals surface area contributed by atoms with Gasteiger partial charge in [0.15, 0.2) is 0 Å². The van der Waals surface area contributed by atoms with Crippen LogP contribution >= 0.6 is 0 Å². The summed E-state index contributed by atoms with van der Waals surface area (Å²) < 4.78 is 0. The van der Waals surface area contributed by atoms with E-state index in [0.717, 1.165) is 0 Å². The van der Waals surface area contributed by atoms with Crippen LogP contribution in [0.15, 0.2) is 0 Å². The van der Waals surface area contributed by atoms with E-state index in [1.165, 1.54) is 0 Å². The van der Waals surface area contributed by atoms with Crippen molar-refractivity contribution < 1.29 is 15.3 Å². The largest absolute Gasteiger partial charge is 0.396 e. The molecule has 0 amide bonds. The smallest absolute Gasteiger partial charge is 0.0674 e. The molecule has 0 aromatic heterocycles. The van der Waals surface area contributed by atoms with Crippen LogP contribution in [0.2, 0.25) is 0 Å². The molecule has 0 rings (SSSR count). The molecular formula is C9H21NO3. The molecule has 0 aromatic carbocycles. The van der Waals surface area contributed by atoms with Crippen LogP contribution in [0.5, 0.6) is 0 Å². The third-order valence-electron chi connectivity index (χ3n) is 1.84. The fraction of sp³-hybridized carbons (Fsp3) is 1.00. The van der Waals surface area contributed by atoms with E-state index in [4.69, 9.17) is 15.3 Å². The Morgan fingerprint density at radius 2 is 1.46 bits per heavy atom. The summed E-state index contributed by atoms with van der Waals surface area (Å²) in [5, 5.41) is 30.2. The van der Waals surface area contributed by atoms with Gasteiger partial charge in [0.05, 0.1) is 18.8 Å². The maximum atomic E-state index is 9.14. The summed E-state index contributed by atoms with van der Waals surface area (Å²) in [6.07, 6.45) is 0.345. The maximum Gasteiger partial charge on any atom is 0.0674 e. The van der Waals surface area contributed by atoms with Crippen molar-refractivity contribution in [3.8, 4) is 0 Å². The van der Waals surface area contributed by atoms with E-state index >= 15 is 0 Å². The number of hydrogen-bond acceptors (Lipinski definition) is 4. The highest BCUT2D eigenvalue weighted by molar-refractivity contribution is 4.92. The first-order chi connectivity index (χ1) is 5.89. The van der Waals surface area contributed by atoms with Crippen molar-refractivity contribution in [2.45, 2.75) is 38.3 Å². The van der Waals surface area contributed by atoms with Crippen molar-refractivity contribution in [2.24, 2.45) is 0 Å². The predicted octanol–water partition coefficient (Wildman–Crippen LogP) is -0.520. The summed E-state index contributed by atoms with van der Waals surface area (Å²) >= 11 is 0. The minimum absolute atomic E-state index is 0.0514. The van der Waals surface area contributed by atoms with Gasteiger partial charge < -0.3 is 20.6 Å². The normalized spacial score (nSPS) is 13.4. The summed E-state index contributed by atoms with van der Waals surface area (Å²) in [5.41, 5.74) is -0.965. The standard InChI is InChI=1S/C9H21NO3/c1-8(2,3)10-9(6-12,7-13)4-5-11/h10-13H,4-7H2,1-3H3. The Balaban J connectivity index is 4.38. The van der Waals surface area contributed by atoms with Crippen LogP contribution in [-0.4, -0.2) is 46.2 Å². The molecule has 0 aliphatic carbocycles. The summed E-state index contributed by atoms with van der Waals surface area (Å²) in [5.74, 6) is 0. The molecule has 80 valence electrons. The minimum Gasteiger partial charge on any atom is -0.396 e. The molecule has 0 spiro atoms. The molecule has 0 saturated heterocycles. The number of aliphatic hydroxyl groups is 3. The van der Waals surface area contributed by atoms with E-state index < -0.39 is 5.54 Å². The van der Waals surface area contributed by atoms with Gasteiger partial charge in [0.1, 0.15) is 0 Å². The number of nitrogens with one attached hydrogen (secondary N) is 1. The van der Waals surface area contributed by atoms with Gasteiger partial charge in [-0.2, -0.15) is 0 Å². The second-order valence-corrected chi connectivity index (χ2v) is 4.45. The van der Waals surface area contributed by atoms with Crippen LogP contribution in [0.4, 0.5) is 0 Å². The van der Waals surface area contributed by atoms with Crippen LogP contribution in [0.3, 0.4) is 0 Å². The zero-order valence-electron chi connectivity index (χ0n) is 8.67. The van der Waals surface area contributed by atoms with Gasteiger partial charge in [0.25, 0.3) is 0 Å². The average molecular weight is 191 g/mol. The van der Waals surface area contributed by atoms with Gasteiger partial charge in [0.2, 0.25) is 0 Å². The van der Waals surface area contributed by atoms with Gasteiger partial charge in [-0.3, -0.25) is 0 Å². The Hall–Kier alpha value is -0.160. The molecule has 0 atom stereocenters. The summed E-state index contributed by atoms with van der Waals surface area (Å²) in [6.45, 7) is 5.44. The average Bonchev–Trinajstić information content (AvgIpc) is 2.01. The predicted molar refractivity (Wildman–Crippen MR) is 51.5 cm³/mol. The molecule has 0 fully saturated rings. The lowest BCUT2D eigenvalue weighted by atomic mass is 9.93.